The zero-order valence-electron chi connectivity index (χ0n) is 21.6. The number of thiophene rings is 1. The third-order valence-electron chi connectivity index (χ3n) is 6.29. The van der Waals surface area contributed by atoms with Crippen molar-refractivity contribution in [2.24, 2.45) is 10.7 Å². The van der Waals surface area contributed by atoms with Gasteiger partial charge in [0.15, 0.2) is 18.1 Å². The highest BCUT2D eigenvalue weighted by atomic mass is 127. The minimum atomic E-state index is -0.557. The molecular formula is C29H32IN3O4S. The summed E-state index contributed by atoms with van der Waals surface area (Å²) in [5.74, 6) is 0.307. The molecule has 3 aromatic rings. The maximum absolute atomic E-state index is 13.6. The molecule has 0 aliphatic heterocycles. The molecule has 2 aromatic carbocycles. The van der Waals surface area contributed by atoms with Gasteiger partial charge in [-0.25, -0.2) is 4.99 Å². The number of nitrogens with one attached hydrogen (secondary N) is 1. The Kier molecular flexibility index (Phi) is 9.79. The van der Waals surface area contributed by atoms with E-state index in [4.69, 9.17) is 20.2 Å². The number of anilines is 1. The lowest BCUT2D eigenvalue weighted by Gasteiger charge is -2.14. The molecule has 0 saturated heterocycles. The Labute approximate surface area is 241 Å². The van der Waals surface area contributed by atoms with Crippen LogP contribution in [0.5, 0.6) is 11.5 Å². The lowest BCUT2D eigenvalue weighted by atomic mass is 9.96. The summed E-state index contributed by atoms with van der Waals surface area (Å²) < 4.78 is 12.1. The van der Waals surface area contributed by atoms with Crippen LogP contribution < -0.4 is 20.5 Å². The Morgan fingerprint density at radius 2 is 1.89 bits per heavy atom. The number of nitrogens with two attached hydrogens (primary N) is 1. The number of hydrogen-bond acceptors (Lipinski definition) is 6. The van der Waals surface area contributed by atoms with Crippen LogP contribution in [0.25, 0.3) is 0 Å². The van der Waals surface area contributed by atoms with Crippen LogP contribution in [-0.2, 0) is 17.6 Å². The highest BCUT2D eigenvalue weighted by Gasteiger charge is 2.24. The Hall–Kier alpha value is -2.92. The fourth-order valence-electron chi connectivity index (χ4n) is 4.47. The molecule has 0 radical (unpaired) electrons. The molecule has 200 valence electrons. The van der Waals surface area contributed by atoms with Crippen molar-refractivity contribution in [3.63, 3.8) is 0 Å². The summed E-state index contributed by atoms with van der Waals surface area (Å²) in [5, 5.41) is 3.83. The minimum absolute atomic E-state index is 0.121. The molecule has 1 aliphatic carbocycles. The van der Waals surface area contributed by atoms with E-state index in [0.717, 1.165) is 51.6 Å². The predicted molar refractivity (Wildman–Crippen MR) is 162 cm³/mol. The number of primary amides is 1. The Morgan fingerprint density at radius 1 is 1.13 bits per heavy atom. The molecule has 0 fully saturated rings. The van der Waals surface area contributed by atoms with E-state index in [9.17, 15) is 9.59 Å². The first-order valence-corrected chi connectivity index (χ1v) is 14.7. The summed E-state index contributed by atoms with van der Waals surface area (Å²) >= 11 is 3.76. The second-order valence-electron chi connectivity index (χ2n) is 9.14. The molecule has 0 bridgehead atoms. The molecule has 0 saturated carbocycles. The Morgan fingerprint density at radius 3 is 2.63 bits per heavy atom. The SMILES string of the molecule is CCOc1cc(C=Nc2sc3c(c2C(=O)Nc2ccccc2C)CCCCCC3)cc(I)c1OCC(N)=O. The first-order valence-electron chi connectivity index (χ1n) is 12.8. The van der Waals surface area contributed by atoms with Crippen molar-refractivity contribution in [3.8, 4) is 11.5 Å². The van der Waals surface area contributed by atoms with E-state index >= 15 is 0 Å². The van der Waals surface area contributed by atoms with Gasteiger partial charge in [0.2, 0.25) is 0 Å². The summed E-state index contributed by atoms with van der Waals surface area (Å²) in [5.41, 5.74) is 9.68. The van der Waals surface area contributed by atoms with Crippen molar-refractivity contribution in [1.29, 1.82) is 0 Å². The van der Waals surface area contributed by atoms with E-state index in [1.807, 2.05) is 50.2 Å². The van der Waals surface area contributed by atoms with Crippen molar-refractivity contribution in [3.05, 3.63) is 67.1 Å². The Bertz CT molecular complexity index is 1350. The smallest absolute Gasteiger partial charge is 0.259 e. The highest BCUT2D eigenvalue weighted by molar-refractivity contribution is 14.1. The minimum Gasteiger partial charge on any atom is -0.490 e. The molecule has 9 heteroatoms. The number of amides is 2. The quantitative estimate of drug-likeness (QED) is 0.203. The number of fused-ring (bicyclic) bond motifs is 1. The zero-order valence-corrected chi connectivity index (χ0v) is 24.6. The first kappa shape index (κ1) is 28.1. The molecule has 1 aromatic heterocycles. The molecule has 1 heterocycles. The summed E-state index contributed by atoms with van der Waals surface area (Å²) in [6.45, 7) is 4.07. The van der Waals surface area contributed by atoms with Gasteiger partial charge in [0.25, 0.3) is 11.8 Å². The van der Waals surface area contributed by atoms with E-state index < -0.39 is 5.91 Å². The number of nitrogens with zero attached hydrogens (tertiary/aromatic N) is 1. The second kappa shape index (κ2) is 13.2. The van der Waals surface area contributed by atoms with E-state index in [0.29, 0.717) is 28.7 Å². The third-order valence-corrected chi connectivity index (χ3v) is 8.30. The summed E-state index contributed by atoms with van der Waals surface area (Å²) in [6, 6.07) is 11.5. The van der Waals surface area contributed by atoms with Crippen LogP contribution in [0.3, 0.4) is 0 Å². The molecule has 2 amide bonds. The average Bonchev–Trinajstić information content (AvgIpc) is 3.20. The fraction of sp³-hybridized carbons (Fsp3) is 0.345. The maximum atomic E-state index is 13.6. The first-order chi connectivity index (χ1) is 18.4. The lowest BCUT2D eigenvalue weighted by Crippen LogP contribution is -2.20. The number of aliphatic imine (C=N–C) groups is 1. The number of para-hydroxylation sites is 1. The molecule has 1 aliphatic rings. The van der Waals surface area contributed by atoms with Gasteiger partial charge in [-0.05, 0) is 97.0 Å². The van der Waals surface area contributed by atoms with Gasteiger partial charge in [0.1, 0.15) is 5.00 Å². The van der Waals surface area contributed by atoms with Crippen molar-refractivity contribution in [2.45, 2.75) is 52.4 Å². The van der Waals surface area contributed by atoms with Gasteiger partial charge in [0.05, 0.1) is 15.7 Å². The van der Waals surface area contributed by atoms with Crippen molar-refractivity contribution in [1.82, 2.24) is 0 Å². The molecule has 0 atom stereocenters. The number of ether oxygens (including phenoxy) is 2. The van der Waals surface area contributed by atoms with Crippen molar-refractivity contribution < 1.29 is 19.1 Å². The molecule has 3 N–H and O–H groups in total. The maximum Gasteiger partial charge on any atom is 0.259 e. The third kappa shape index (κ3) is 6.93. The van der Waals surface area contributed by atoms with Crippen molar-refractivity contribution >= 4 is 62.6 Å². The van der Waals surface area contributed by atoms with E-state index in [-0.39, 0.29) is 12.5 Å². The molecule has 0 spiro atoms. The van der Waals surface area contributed by atoms with E-state index in [1.54, 1.807) is 17.6 Å². The van der Waals surface area contributed by atoms with Crippen LogP contribution in [0, 0.1) is 10.5 Å². The van der Waals surface area contributed by atoms with Gasteiger partial charge in [-0.2, -0.15) is 0 Å². The number of aryl methyl sites for hydroxylation is 2. The lowest BCUT2D eigenvalue weighted by molar-refractivity contribution is -0.120. The van der Waals surface area contributed by atoms with Gasteiger partial charge < -0.3 is 20.5 Å². The second-order valence-corrected chi connectivity index (χ2v) is 11.4. The van der Waals surface area contributed by atoms with E-state index in [2.05, 4.69) is 27.9 Å². The average molecular weight is 646 g/mol. The normalized spacial score (nSPS) is 13.4. The van der Waals surface area contributed by atoms with Crippen LogP contribution in [0.2, 0.25) is 0 Å². The number of benzene rings is 2. The number of halogens is 1. The van der Waals surface area contributed by atoms with Gasteiger partial charge in [-0.1, -0.05) is 31.0 Å². The number of carbonyl (C=O) groups excluding carboxylic acids is 2. The largest absolute Gasteiger partial charge is 0.490 e. The van der Waals surface area contributed by atoms with Gasteiger partial charge >= 0.3 is 0 Å². The standard InChI is InChI=1S/C29H32IN3O4S/c1-3-36-23-15-19(14-21(30)27(23)37-17-25(31)34)16-32-29-26(20-11-6-4-5-7-13-24(20)38-29)28(35)33-22-12-9-8-10-18(22)2/h8-10,12,14-16H,3-7,11,13,17H2,1-2H3,(H2,31,34)(H,33,35). The van der Waals surface area contributed by atoms with Crippen LogP contribution in [0.1, 0.15) is 64.5 Å². The predicted octanol–water partition coefficient (Wildman–Crippen LogP) is 6.59. The molecule has 7 nitrogen and oxygen atoms in total. The van der Waals surface area contributed by atoms with Gasteiger partial charge in [-0.3, -0.25) is 9.59 Å². The van der Waals surface area contributed by atoms with E-state index in [1.165, 1.54) is 17.7 Å². The topological polar surface area (TPSA) is 103 Å². The number of rotatable bonds is 9. The van der Waals surface area contributed by atoms with Crippen LogP contribution >= 0.6 is 33.9 Å². The van der Waals surface area contributed by atoms with Crippen LogP contribution in [-0.4, -0.2) is 31.2 Å². The summed E-state index contributed by atoms with van der Waals surface area (Å²) in [6.07, 6.45) is 8.19. The fourth-order valence-corrected chi connectivity index (χ4v) is 6.48. The summed E-state index contributed by atoms with van der Waals surface area (Å²) in [7, 11) is 0. The molecule has 38 heavy (non-hydrogen) atoms. The number of carbonyl (C=O) groups is 2. The highest BCUT2D eigenvalue weighted by Crippen LogP contribution is 2.40. The zero-order chi connectivity index (χ0) is 27.1. The van der Waals surface area contributed by atoms with Crippen molar-refractivity contribution in [2.75, 3.05) is 18.5 Å². The van der Waals surface area contributed by atoms with Gasteiger partial charge in [0, 0.05) is 16.8 Å². The molecule has 0 unspecified atom stereocenters. The Balaban J connectivity index is 1.70. The molecule has 4 rings (SSSR count). The summed E-state index contributed by atoms with van der Waals surface area (Å²) in [4.78, 5) is 31.0. The van der Waals surface area contributed by atoms with Crippen LogP contribution in [0.4, 0.5) is 10.7 Å². The van der Waals surface area contributed by atoms with Gasteiger partial charge in [-0.15, -0.1) is 11.3 Å². The monoisotopic (exact) mass is 645 g/mol. The molecular weight excluding hydrogens is 613 g/mol. The van der Waals surface area contributed by atoms with Crippen LogP contribution in [0.15, 0.2) is 41.4 Å². The number of hydrogen-bond donors (Lipinski definition) is 2.